The highest BCUT2D eigenvalue weighted by atomic mass is 32.2. The van der Waals surface area contributed by atoms with Gasteiger partial charge in [0.05, 0.1) is 19.1 Å². The van der Waals surface area contributed by atoms with Crippen LogP contribution in [0.25, 0.3) is 6.08 Å². The van der Waals surface area contributed by atoms with Crippen molar-refractivity contribution in [3.63, 3.8) is 0 Å². The molecule has 2 aliphatic heterocycles. The third kappa shape index (κ3) is 2.90. The highest BCUT2D eigenvalue weighted by Gasteiger charge is 2.36. The van der Waals surface area contributed by atoms with Crippen LogP contribution in [0, 0.1) is 0 Å². The summed E-state index contributed by atoms with van der Waals surface area (Å²) in [6, 6.07) is 3.31. The van der Waals surface area contributed by atoms with Crippen LogP contribution in [0.15, 0.2) is 17.0 Å². The van der Waals surface area contributed by atoms with E-state index in [2.05, 4.69) is 4.74 Å². The summed E-state index contributed by atoms with van der Waals surface area (Å²) >= 11 is 0.745. The number of esters is 1. The number of ether oxygens (including phenoxy) is 4. The standard InChI is InChI=1S/C15H13NO7S/c1-20-9-5-11-10(22-7-23-11)3-8(9)4-12-14(18)16(15(19)24-12)6-13(17)21-2/h3-5H,6-7H2,1-2H3/b12-4+. The minimum atomic E-state index is -0.667. The number of rotatable bonds is 4. The quantitative estimate of drug-likeness (QED) is 0.597. The van der Waals surface area contributed by atoms with Crippen molar-refractivity contribution in [1.29, 1.82) is 0 Å². The average Bonchev–Trinajstić information content (AvgIpc) is 3.13. The van der Waals surface area contributed by atoms with E-state index in [1.165, 1.54) is 20.3 Å². The first kappa shape index (κ1) is 16.2. The van der Waals surface area contributed by atoms with Crippen LogP contribution in [-0.2, 0) is 14.3 Å². The van der Waals surface area contributed by atoms with Gasteiger partial charge in [-0.05, 0) is 23.9 Å². The van der Waals surface area contributed by atoms with Crippen LogP contribution >= 0.6 is 11.8 Å². The molecular formula is C15H13NO7S. The molecule has 3 rings (SSSR count). The molecule has 1 fully saturated rings. The molecule has 1 aromatic rings. The van der Waals surface area contributed by atoms with Crippen LogP contribution in [0.4, 0.5) is 4.79 Å². The van der Waals surface area contributed by atoms with Crippen molar-refractivity contribution >= 4 is 35.0 Å². The van der Waals surface area contributed by atoms with Gasteiger partial charge in [0.1, 0.15) is 12.3 Å². The van der Waals surface area contributed by atoms with Crippen LogP contribution in [0.1, 0.15) is 5.56 Å². The minimum absolute atomic E-state index is 0.109. The summed E-state index contributed by atoms with van der Waals surface area (Å²) in [5.74, 6) is 0.312. The molecule has 24 heavy (non-hydrogen) atoms. The second kappa shape index (κ2) is 6.44. The molecule has 9 heteroatoms. The van der Waals surface area contributed by atoms with Crippen molar-refractivity contribution < 1.29 is 33.3 Å². The number of fused-ring (bicyclic) bond motifs is 1. The first-order chi connectivity index (χ1) is 11.5. The zero-order valence-electron chi connectivity index (χ0n) is 12.9. The number of hydrogen-bond acceptors (Lipinski definition) is 8. The Morgan fingerprint density at radius 1 is 1.29 bits per heavy atom. The fraction of sp³-hybridized carbons (Fsp3) is 0.267. The van der Waals surface area contributed by atoms with E-state index < -0.39 is 23.7 Å². The van der Waals surface area contributed by atoms with Gasteiger partial charge in [-0.2, -0.15) is 0 Å². The Bertz CT molecular complexity index is 758. The molecule has 0 atom stereocenters. The molecule has 0 saturated carbocycles. The lowest BCUT2D eigenvalue weighted by atomic mass is 10.1. The predicted molar refractivity (Wildman–Crippen MR) is 83.8 cm³/mol. The SMILES string of the molecule is COC(=O)CN1C(=O)S/C(=C/c2cc3c(cc2OC)OCO3)C1=O. The molecule has 0 aliphatic carbocycles. The fourth-order valence-electron chi connectivity index (χ4n) is 2.20. The van der Waals surface area contributed by atoms with Gasteiger partial charge in [0, 0.05) is 11.6 Å². The Morgan fingerprint density at radius 3 is 2.67 bits per heavy atom. The maximum Gasteiger partial charge on any atom is 0.325 e. The van der Waals surface area contributed by atoms with Gasteiger partial charge in [-0.25, -0.2) is 0 Å². The van der Waals surface area contributed by atoms with Crippen molar-refractivity contribution in [3.8, 4) is 17.2 Å². The Balaban J connectivity index is 1.91. The molecule has 0 N–H and O–H groups in total. The smallest absolute Gasteiger partial charge is 0.325 e. The number of methoxy groups -OCH3 is 2. The molecule has 1 saturated heterocycles. The Hall–Kier alpha value is -2.68. The van der Waals surface area contributed by atoms with Crippen LogP contribution in [0.5, 0.6) is 17.2 Å². The van der Waals surface area contributed by atoms with Crippen molar-refractivity contribution in [1.82, 2.24) is 4.90 Å². The van der Waals surface area contributed by atoms with E-state index in [1.807, 2.05) is 0 Å². The summed E-state index contributed by atoms with van der Waals surface area (Å²) in [5.41, 5.74) is 0.560. The molecule has 126 valence electrons. The Morgan fingerprint density at radius 2 is 2.00 bits per heavy atom. The predicted octanol–water partition coefficient (Wildman–Crippen LogP) is 1.63. The first-order valence-corrected chi connectivity index (χ1v) is 7.65. The molecular weight excluding hydrogens is 338 g/mol. The number of thioether (sulfide) groups is 1. The third-order valence-electron chi connectivity index (χ3n) is 3.40. The van der Waals surface area contributed by atoms with E-state index in [9.17, 15) is 14.4 Å². The zero-order chi connectivity index (χ0) is 17.3. The second-order valence-corrected chi connectivity index (χ2v) is 5.78. The normalized spacial score (nSPS) is 17.6. The number of carbonyl (C=O) groups excluding carboxylic acids is 3. The van der Waals surface area contributed by atoms with Crippen molar-refractivity contribution in [2.45, 2.75) is 0 Å². The van der Waals surface area contributed by atoms with E-state index in [4.69, 9.17) is 14.2 Å². The summed E-state index contributed by atoms with van der Waals surface area (Å²) in [6.45, 7) is -0.311. The van der Waals surface area contributed by atoms with Gasteiger partial charge in [-0.3, -0.25) is 19.3 Å². The summed E-state index contributed by atoms with van der Waals surface area (Å²) in [5, 5.41) is -0.531. The zero-order valence-corrected chi connectivity index (χ0v) is 13.7. The van der Waals surface area contributed by atoms with Gasteiger partial charge in [-0.15, -0.1) is 0 Å². The number of hydrogen-bond donors (Lipinski definition) is 0. The Labute approximate surface area is 141 Å². The van der Waals surface area contributed by atoms with Crippen LogP contribution in [0.2, 0.25) is 0 Å². The molecule has 0 unspecified atom stereocenters. The molecule has 8 nitrogen and oxygen atoms in total. The van der Waals surface area contributed by atoms with Crippen molar-refractivity contribution in [2.24, 2.45) is 0 Å². The van der Waals surface area contributed by atoms with Crippen LogP contribution < -0.4 is 14.2 Å². The van der Waals surface area contributed by atoms with Gasteiger partial charge in [0.25, 0.3) is 11.1 Å². The fourth-order valence-corrected chi connectivity index (χ4v) is 3.03. The van der Waals surface area contributed by atoms with E-state index in [1.54, 1.807) is 12.1 Å². The number of nitrogens with zero attached hydrogens (tertiary/aromatic N) is 1. The van der Waals surface area contributed by atoms with Gasteiger partial charge >= 0.3 is 5.97 Å². The van der Waals surface area contributed by atoms with Gasteiger partial charge in [0.15, 0.2) is 11.5 Å². The monoisotopic (exact) mass is 351 g/mol. The van der Waals surface area contributed by atoms with E-state index in [-0.39, 0.29) is 11.7 Å². The molecule has 0 aromatic heterocycles. The summed E-state index contributed by atoms with van der Waals surface area (Å²) in [7, 11) is 2.67. The van der Waals surface area contributed by atoms with Crippen LogP contribution in [-0.4, -0.2) is 49.6 Å². The van der Waals surface area contributed by atoms with Crippen molar-refractivity contribution in [3.05, 3.63) is 22.6 Å². The maximum absolute atomic E-state index is 12.3. The highest BCUT2D eigenvalue weighted by Crippen LogP contribution is 2.40. The second-order valence-electron chi connectivity index (χ2n) is 4.79. The topological polar surface area (TPSA) is 91.4 Å². The average molecular weight is 351 g/mol. The van der Waals surface area contributed by atoms with Crippen LogP contribution in [0.3, 0.4) is 0 Å². The maximum atomic E-state index is 12.3. The number of benzene rings is 1. The largest absolute Gasteiger partial charge is 0.496 e. The summed E-state index contributed by atoms with van der Waals surface area (Å²) < 4.78 is 20.3. The van der Waals surface area contributed by atoms with E-state index in [0.29, 0.717) is 22.8 Å². The third-order valence-corrected chi connectivity index (χ3v) is 4.31. The first-order valence-electron chi connectivity index (χ1n) is 6.83. The summed E-state index contributed by atoms with van der Waals surface area (Å²) in [4.78, 5) is 36.6. The molecule has 1 aromatic carbocycles. The van der Waals surface area contributed by atoms with E-state index in [0.717, 1.165) is 16.7 Å². The number of imide groups is 1. The molecule has 0 radical (unpaired) electrons. The lowest BCUT2D eigenvalue weighted by Gasteiger charge is -2.10. The van der Waals surface area contributed by atoms with Crippen molar-refractivity contribution in [2.75, 3.05) is 27.6 Å². The lowest BCUT2D eigenvalue weighted by Crippen LogP contribution is -2.34. The van der Waals surface area contributed by atoms with E-state index >= 15 is 0 Å². The summed E-state index contributed by atoms with van der Waals surface area (Å²) in [6.07, 6.45) is 1.52. The van der Waals surface area contributed by atoms with Gasteiger partial charge in [-0.1, -0.05) is 0 Å². The highest BCUT2D eigenvalue weighted by molar-refractivity contribution is 8.18. The molecule has 0 spiro atoms. The molecule has 0 bridgehead atoms. The minimum Gasteiger partial charge on any atom is -0.496 e. The molecule has 2 amide bonds. The van der Waals surface area contributed by atoms with Gasteiger partial charge in [0.2, 0.25) is 6.79 Å². The Kier molecular flexibility index (Phi) is 4.34. The number of carbonyl (C=O) groups is 3. The molecule has 2 heterocycles. The molecule has 2 aliphatic rings. The van der Waals surface area contributed by atoms with Gasteiger partial charge < -0.3 is 18.9 Å². The number of amides is 2. The lowest BCUT2D eigenvalue weighted by molar-refractivity contribution is -0.143.